The summed E-state index contributed by atoms with van der Waals surface area (Å²) in [5, 5.41) is 10.3. The number of aliphatic carboxylic acids is 1. The third kappa shape index (κ3) is 5.68. The van der Waals surface area contributed by atoms with Gasteiger partial charge in [-0.2, -0.15) is 13.2 Å². The first-order chi connectivity index (χ1) is 14.8. The van der Waals surface area contributed by atoms with E-state index in [1.807, 2.05) is 42.5 Å². The molecule has 1 saturated heterocycles. The maximum atomic E-state index is 12.9. The average molecular weight is 436 g/mol. The third-order valence-electron chi connectivity index (χ3n) is 5.13. The van der Waals surface area contributed by atoms with Crippen LogP contribution in [-0.4, -0.2) is 42.9 Å². The van der Waals surface area contributed by atoms with E-state index >= 15 is 0 Å². The molecule has 1 unspecified atom stereocenters. The Labute approximate surface area is 177 Å². The standard InChI is InChI=1S/C20H22N2O2.C2HF3O2/c23-20(16-11-14-24-19-10-4-1-7-15(16)19)21-17-8-2-3-9-18(17)22-12-5-6-13-22;3-2(4,5)1(6)7/h1-4,7-10,16H,5-6,11-14H2,(H,21,23);(H,6,7). The second-order valence-electron chi connectivity index (χ2n) is 7.23. The summed E-state index contributed by atoms with van der Waals surface area (Å²) in [5.74, 6) is -2.02. The number of nitrogens with one attached hydrogen (secondary N) is 1. The number of carboxylic acids is 1. The first kappa shape index (κ1) is 22.5. The van der Waals surface area contributed by atoms with E-state index in [1.54, 1.807) is 0 Å². The van der Waals surface area contributed by atoms with Crippen LogP contribution < -0.4 is 15.0 Å². The molecule has 1 atom stereocenters. The predicted molar refractivity (Wildman–Crippen MR) is 110 cm³/mol. The molecule has 0 saturated carbocycles. The van der Waals surface area contributed by atoms with Crippen molar-refractivity contribution in [2.75, 3.05) is 29.9 Å². The van der Waals surface area contributed by atoms with Gasteiger partial charge >= 0.3 is 12.1 Å². The second kappa shape index (κ2) is 9.72. The lowest BCUT2D eigenvalue weighted by atomic mass is 9.92. The fourth-order valence-electron chi connectivity index (χ4n) is 3.65. The van der Waals surface area contributed by atoms with Crippen molar-refractivity contribution in [3.63, 3.8) is 0 Å². The number of alkyl halides is 3. The Hall–Kier alpha value is -3.23. The Morgan fingerprint density at radius 2 is 1.65 bits per heavy atom. The lowest BCUT2D eigenvalue weighted by Crippen LogP contribution is -2.27. The zero-order valence-electron chi connectivity index (χ0n) is 16.7. The Bertz CT molecular complexity index is 927. The summed E-state index contributed by atoms with van der Waals surface area (Å²) >= 11 is 0. The number of halogens is 3. The molecule has 0 aliphatic carbocycles. The number of amides is 1. The van der Waals surface area contributed by atoms with Crippen molar-refractivity contribution in [3.8, 4) is 5.75 Å². The van der Waals surface area contributed by atoms with Crippen molar-refractivity contribution in [2.24, 2.45) is 0 Å². The first-order valence-electron chi connectivity index (χ1n) is 9.94. The molecule has 9 heteroatoms. The summed E-state index contributed by atoms with van der Waals surface area (Å²) in [4.78, 5) is 24.2. The van der Waals surface area contributed by atoms with E-state index in [1.165, 1.54) is 12.8 Å². The normalized spacial score (nSPS) is 17.6. The molecule has 2 aromatic rings. The quantitative estimate of drug-likeness (QED) is 0.745. The lowest BCUT2D eigenvalue weighted by molar-refractivity contribution is -0.192. The summed E-state index contributed by atoms with van der Waals surface area (Å²) in [6, 6.07) is 15.9. The van der Waals surface area contributed by atoms with Crippen LogP contribution in [0.2, 0.25) is 0 Å². The van der Waals surface area contributed by atoms with E-state index in [-0.39, 0.29) is 11.8 Å². The van der Waals surface area contributed by atoms with E-state index in [4.69, 9.17) is 14.6 Å². The van der Waals surface area contributed by atoms with Gasteiger partial charge < -0.3 is 20.1 Å². The highest BCUT2D eigenvalue weighted by Gasteiger charge is 2.38. The maximum Gasteiger partial charge on any atom is 0.490 e. The number of benzene rings is 2. The fourth-order valence-corrected chi connectivity index (χ4v) is 3.65. The molecule has 1 fully saturated rings. The van der Waals surface area contributed by atoms with Gasteiger partial charge in [-0.1, -0.05) is 30.3 Å². The van der Waals surface area contributed by atoms with Crippen molar-refractivity contribution in [1.82, 2.24) is 0 Å². The number of anilines is 2. The molecule has 2 N–H and O–H groups in total. The van der Waals surface area contributed by atoms with E-state index in [2.05, 4.69) is 16.3 Å². The molecule has 1 amide bonds. The largest absolute Gasteiger partial charge is 0.493 e. The Balaban J connectivity index is 0.000000339. The minimum atomic E-state index is -5.08. The number of carbonyl (C=O) groups is 2. The monoisotopic (exact) mass is 436 g/mol. The SMILES string of the molecule is O=C(Nc1ccccc1N1CCCC1)C1CCOc2ccccc21.O=C(O)C(F)(F)F. The van der Waals surface area contributed by atoms with Crippen molar-refractivity contribution in [2.45, 2.75) is 31.4 Å². The highest BCUT2D eigenvalue weighted by molar-refractivity contribution is 5.99. The highest BCUT2D eigenvalue weighted by atomic mass is 19.4. The number of hydrogen-bond acceptors (Lipinski definition) is 4. The van der Waals surface area contributed by atoms with Gasteiger partial charge in [-0.25, -0.2) is 4.79 Å². The van der Waals surface area contributed by atoms with Crippen molar-refractivity contribution in [3.05, 3.63) is 54.1 Å². The molecule has 4 rings (SSSR count). The molecule has 0 aromatic heterocycles. The minimum Gasteiger partial charge on any atom is -0.493 e. The summed E-state index contributed by atoms with van der Waals surface area (Å²) in [6.45, 7) is 2.71. The van der Waals surface area contributed by atoms with Crippen LogP contribution in [0.25, 0.3) is 0 Å². The van der Waals surface area contributed by atoms with Gasteiger partial charge in [0, 0.05) is 18.7 Å². The molecular weight excluding hydrogens is 413 g/mol. The molecule has 0 spiro atoms. The van der Waals surface area contributed by atoms with Crippen LogP contribution in [0.15, 0.2) is 48.5 Å². The zero-order chi connectivity index (χ0) is 22.4. The lowest BCUT2D eigenvalue weighted by Gasteiger charge is -2.26. The molecule has 2 heterocycles. The molecular formula is C22H23F3N2O4. The summed E-state index contributed by atoms with van der Waals surface area (Å²) in [5.41, 5.74) is 3.02. The van der Waals surface area contributed by atoms with Gasteiger partial charge in [0.1, 0.15) is 5.75 Å². The van der Waals surface area contributed by atoms with E-state index in [0.29, 0.717) is 13.0 Å². The molecule has 2 aliphatic rings. The summed E-state index contributed by atoms with van der Waals surface area (Å²) in [6.07, 6.45) is -1.93. The highest BCUT2D eigenvalue weighted by Crippen LogP contribution is 2.35. The fraction of sp³-hybridized carbons (Fsp3) is 0.364. The van der Waals surface area contributed by atoms with Crippen LogP contribution >= 0.6 is 0 Å². The minimum absolute atomic E-state index is 0.0531. The van der Waals surface area contributed by atoms with Gasteiger partial charge in [-0.3, -0.25) is 4.79 Å². The van der Waals surface area contributed by atoms with Crippen LogP contribution in [-0.2, 0) is 9.59 Å². The van der Waals surface area contributed by atoms with Crippen LogP contribution in [0.5, 0.6) is 5.75 Å². The number of nitrogens with zero attached hydrogens (tertiary/aromatic N) is 1. The van der Waals surface area contributed by atoms with Crippen molar-refractivity contribution >= 4 is 23.3 Å². The van der Waals surface area contributed by atoms with Crippen molar-refractivity contribution < 1.29 is 32.6 Å². The number of hydrogen-bond donors (Lipinski definition) is 2. The zero-order valence-corrected chi connectivity index (χ0v) is 16.7. The van der Waals surface area contributed by atoms with E-state index < -0.39 is 12.1 Å². The summed E-state index contributed by atoms with van der Waals surface area (Å²) in [7, 11) is 0. The Morgan fingerprint density at radius 3 is 2.32 bits per heavy atom. The van der Waals surface area contributed by atoms with Gasteiger partial charge in [0.2, 0.25) is 5.91 Å². The topological polar surface area (TPSA) is 78.9 Å². The Kier molecular flexibility index (Phi) is 7.04. The van der Waals surface area contributed by atoms with Gasteiger partial charge in [0.25, 0.3) is 0 Å². The van der Waals surface area contributed by atoms with Gasteiger partial charge in [-0.05, 0) is 37.5 Å². The number of fused-ring (bicyclic) bond motifs is 1. The molecule has 2 aromatic carbocycles. The smallest absolute Gasteiger partial charge is 0.490 e. The van der Waals surface area contributed by atoms with E-state index in [0.717, 1.165) is 35.8 Å². The van der Waals surface area contributed by atoms with Gasteiger partial charge in [0.15, 0.2) is 0 Å². The summed E-state index contributed by atoms with van der Waals surface area (Å²) < 4.78 is 37.4. The molecule has 0 radical (unpaired) electrons. The van der Waals surface area contributed by atoms with E-state index in [9.17, 15) is 18.0 Å². The molecule has 6 nitrogen and oxygen atoms in total. The van der Waals surface area contributed by atoms with Crippen LogP contribution in [0, 0.1) is 0 Å². The molecule has 2 aliphatic heterocycles. The Morgan fingerprint density at radius 1 is 1.03 bits per heavy atom. The van der Waals surface area contributed by atoms with Crippen LogP contribution in [0.3, 0.4) is 0 Å². The number of para-hydroxylation sites is 3. The maximum absolute atomic E-state index is 12.9. The molecule has 0 bridgehead atoms. The number of carboxylic acid groups (broad SMARTS) is 1. The molecule has 31 heavy (non-hydrogen) atoms. The van der Waals surface area contributed by atoms with Gasteiger partial charge in [0.05, 0.1) is 23.9 Å². The van der Waals surface area contributed by atoms with Crippen molar-refractivity contribution in [1.29, 1.82) is 0 Å². The average Bonchev–Trinajstić information content (AvgIpc) is 3.28. The first-order valence-corrected chi connectivity index (χ1v) is 9.94. The number of carbonyl (C=O) groups excluding carboxylic acids is 1. The number of rotatable bonds is 3. The van der Waals surface area contributed by atoms with Crippen LogP contribution in [0.1, 0.15) is 30.7 Å². The van der Waals surface area contributed by atoms with Crippen LogP contribution in [0.4, 0.5) is 24.5 Å². The third-order valence-corrected chi connectivity index (χ3v) is 5.13. The predicted octanol–water partition coefficient (Wildman–Crippen LogP) is 4.42. The van der Waals surface area contributed by atoms with Gasteiger partial charge in [-0.15, -0.1) is 0 Å². The number of ether oxygens (including phenoxy) is 1. The second-order valence-corrected chi connectivity index (χ2v) is 7.23. The molecule has 166 valence electrons.